The summed E-state index contributed by atoms with van der Waals surface area (Å²) in [5, 5.41) is 156. The van der Waals surface area contributed by atoms with Gasteiger partial charge in [0.2, 0.25) is 0 Å². The van der Waals surface area contributed by atoms with Gasteiger partial charge in [-0.3, -0.25) is 4.99 Å². The van der Waals surface area contributed by atoms with E-state index >= 15 is 0 Å². The average molecular weight is 1220 g/mol. The SMILES string of the molecule is CC(=CC=CC=CCCC=CC(C)C(O)C(C)C(O)C=CC=CC=CC=CC=CC=CCC(O)C(C)C1(CC(O)CC(O)C=CCC(O)CC(O)CC(O)C=CCC(O)CC(O)C(O)C(O)CC(O)CC(O)CCCN=C(N)N)OCCO1)C(=O)O. The van der Waals surface area contributed by atoms with Crippen molar-refractivity contribution < 1.29 is 90.9 Å². The molecule has 0 saturated carbocycles. The molecule has 17 unspecified atom stereocenters. The number of rotatable bonds is 46. The highest BCUT2D eigenvalue weighted by Gasteiger charge is 2.46. The third-order valence-corrected chi connectivity index (χ3v) is 14.4. The lowest BCUT2D eigenvalue weighted by atomic mass is 9.87. The van der Waals surface area contributed by atoms with Crippen LogP contribution < -0.4 is 11.5 Å². The van der Waals surface area contributed by atoms with Gasteiger partial charge in [0.05, 0.1) is 92.6 Å². The van der Waals surface area contributed by atoms with Crippen LogP contribution in [0.2, 0.25) is 0 Å². The monoisotopic (exact) mass is 1220 g/mol. The molecule has 86 heavy (non-hydrogen) atoms. The first-order valence-corrected chi connectivity index (χ1v) is 29.9. The van der Waals surface area contributed by atoms with Gasteiger partial charge in [0.25, 0.3) is 0 Å². The molecule has 1 aliphatic heterocycles. The number of aliphatic imine (C=N–C) groups is 1. The van der Waals surface area contributed by atoms with Gasteiger partial charge in [-0.15, -0.1) is 0 Å². The lowest BCUT2D eigenvalue weighted by Crippen LogP contribution is -2.46. The van der Waals surface area contributed by atoms with Gasteiger partial charge >= 0.3 is 5.97 Å². The molecule has 1 fully saturated rings. The van der Waals surface area contributed by atoms with Crippen LogP contribution in [0.5, 0.6) is 0 Å². The number of carboxylic acid groups (broad SMARTS) is 1. The maximum atomic E-state index is 11.1. The Morgan fingerprint density at radius 3 is 1.58 bits per heavy atom. The van der Waals surface area contributed by atoms with Crippen molar-refractivity contribution >= 4 is 11.9 Å². The predicted molar refractivity (Wildman–Crippen MR) is 333 cm³/mol. The fourth-order valence-corrected chi connectivity index (χ4v) is 9.18. The van der Waals surface area contributed by atoms with Gasteiger partial charge in [-0.05, 0) is 64.7 Å². The van der Waals surface area contributed by atoms with E-state index in [9.17, 15) is 76.3 Å². The highest BCUT2D eigenvalue weighted by atomic mass is 16.7. The fourth-order valence-electron chi connectivity index (χ4n) is 9.18. The predicted octanol–water partition coefficient (Wildman–Crippen LogP) is 3.57. The van der Waals surface area contributed by atoms with Crippen molar-refractivity contribution in [3.63, 3.8) is 0 Å². The summed E-state index contributed by atoms with van der Waals surface area (Å²) in [4.78, 5) is 14.6. The Labute approximate surface area is 509 Å². The van der Waals surface area contributed by atoms with E-state index in [0.717, 1.165) is 12.8 Å². The molecule has 17 atom stereocenters. The second-order valence-electron chi connectivity index (χ2n) is 22.2. The largest absolute Gasteiger partial charge is 0.478 e. The second-order valence-corrected chi connectivity index (χ2v) is 22.2. The van der Waals surface area contributed by atoms with Gasteiger partial charge in [0.15, 0.2) is 11.7 Å². The van der Waals surface area contributed by atoms with Gasteiger partial charge in [0, 0.05) is 62.0 Å². The van der Waals surface area contributed by atoms with Crippen LogP contribution in [0.1, 0.15) is 118 Å². The van der Waals surface area contributed by atoms with Crippen LogP contribution >= 0.6 is 0 Å². The Hall–Kier alpha value is -5.02. The minimum Gasteiger partial charge on any atom is -0.478 e. The summed E-state index contributed by atoms with van der Waals surface area (Å²) in [5.41, 5.74) is 10.8. The number of ether oxygens (including phenoxy) is 2. The van der Waals surface area contributed by atoms with Gasteiger partial charge in [-0.25, -0.2) is 4.79 Å². The Bertz CT molecular complexity index is 2230. The molecule has 21 nitrogen and oxygen atoms in total. The maximum absolute atomic E-state index is 11.1. The van der Waals surface area contributed by atoms with Crippen molar-refractivity contribution in [2.45, 2.75) is 209 Å². The van der Waals surface area contributed by atoms with Crippen LogP contribution in [-0.4, -0.2) is 200 Å². The smallest absolute Gasteiger partial charge is 0.331 e. The minimum absolute atomic E-state index is 0.0162. The van der Waals surface area contributed by atoms with E-state index in [4.69, 9.17) is 26.0 Å². The van der Waals surface area contributed by atoms with E-state index < -0.39 is 109 Å². The van der Waals surface area contributed by atoms with E-state index in [1.165, 1.54) is 37.3 Å². The van der Waals surface area contributed by atoms with Crippen LogP contribution in [0.4, 0.5) is 0 Å². The van der Waals surface area contributed by atoms with Crippen LogP contribution in [-0.2, 0) is 14.3 Å². The molecule has 19 N–H and O–H groups in total. The number of aliphatic hydroxyl groups is 14. The van der Waals surface area contributed by atoms with Gasteiger partial charge in [0.1, 0.15) is 6.10 Å². The zero-order chi connectivity index (χ0) is 64.5. The number of carbonyl (C=O) groups is 1. The van der Waals surface area contributed by atoms with Gasteiger partial charge < -0.3 is 97.5 Å². The molecule has 0 bridgehead atoms. The number of aliphatic carboxylic acids is 1. The molecule has 0 radical (unpaired) electrons. The van der Waals surface area contributed by atoms with Gasteiger partial charge in [-0.2, -0.15) is 0 Å². The molecule has 1 heterocycles. The summed E-state index contributed by atoms with van der Waals surface area (Å²) in [5.74, 6) is -3.40. The molecule has 1 rings (SSSR count). The number of nitrogens with zero attached hydrogens (tertiary/aromatic N) is 1. The molecule has 0 amide bonds. The van der Waals surface area contributed by atoms with Crippen molar-refractivity contribution in [3.05, 3.63) is 145 Å². The van der Waals surface area contributed by atoms with E-state index in [0.29, 0.717) is 19.4 Å². The highest BCUT2D eigenvalue weighted by Crippen LogP contribution is 2.37. The maximum Gasteiger partial charge on any atom is 0.331 e. The van der Waals surface area contributed by atoms with Crippen LogP contribution in [0.3, 0.4) is 0 Å². The summed E-state index contributed by atoms with van der Waals surface area (Å²) in [6, 6.07) is 0. The third-order valence-electron chi connectivity index (χ3n) is 14.4. The lowest BCUT2D eigenvalue weighted by Gasteiger charge is -2.37. The van der Waals surface area contributed by atoms with Crippen LogP contribution in [0.15, 0.2) is 150 Å². The second kappa shape index (κ2) is 46.1. The van der Waals surface area contributed by atoms with Crippen molar-refractivity contribution in [3.8, 4) is 0 Å². The fraction of sp³-hybridized carbons (Fsp3) is 0.600. The minimum atomic E-state index is -1.70. The molecular formula is C65H105N3O18. The molecule has 0 spiro atoms. The Morgan fingerprint density at radius 2 is 1.00 bits per heavy atom. The number of allylic oxidation sites excluding steroid dienone is 16. The molecule has 1 aliphatic rings. The van der Waals surface area contributed by atoms with E-state index in [2.05, 4.69) is 4.99 Å². The van der Waals surface area contributed by atoms with Gasteiger partial charge in [-0.1, -0.05) is 161 Å². The average Bonchev–Trinajstić information content (AvgIpc) is 3.90. The zero-order valence-electron chi connectivity index (χ0n) is 50.6. The Balaban J connectivity index is 2.45. The highest BCUT2D eigenvalue weighted by molar-refractivity contribution is 5.86. The summed E-state index contributed by atoms with van der Waals surface area (Å²) < 4.78 is 11.9. The normalized spacial score (nSPS) is 20.9. The van der Waals surface area contributed by atoms with E-state index in [-0.39, 0.29) is 94.9 Å². The summed E-state index contributed by atoms with van der Waals surface area (Å²) in [6.07, 6.45) is 25.6. The number of carboxylic acids is 1. The zero-order valence-corrected chi connectivity index (χ0v) is 50.6. The Kier molecular flexibility index (Phi) is 42.4. The lowest BCUT2D eigenvalue weighted by molar-refractivity contribution is -0.227. The molecular weight excluding hydrogens is 1110 g/mol. The molecule has 21 heteroatoms. The first-order valence-electron chi connectivity index (χ1n) is 29.9. The quantitative estimate of drug-likeness (QED) is 0.0103. The van der Waals surface area contributed by atoms with Crippen molar-refractivity contribution in [1.82, 2.24) is 0 Å². The molecule has 1 saturated heterocycles. The number of guanidine groups is 1. The number of nitrogens with two attached hydrogens (primary N) is 2. The molecule has 0 aromatic carbocycles. The van der Waals surface area contributed by atoms with Crippen molar-refractivity contribution in [1.29, 1.82) is 0 Å². The van der Waals surface area contributed by atoms with E-state index in [1.54, 1.807) is 50.3 Å². The van der Waals surface area contributed by atoms with Crippen LogP contribution in [0.25, 0.3) is 0 Å². The third kappa shape index (κ3) is 37.0. The standard InChI is InChI=1S/C65H105N3O18/c1-45(26-19-15-11-10-12-16-20-27-46(2)63(83)84)61(81)47(3)57(77)33-21-17-13-8-6-5-7-9-14-18-22-34-58(78)48(4)65(85-36-37-86-65)44-56(76)41-51(71)30-23-28-49(69)38-54(74)39-50(70)29-24-31-53(73)42-59(79)62(82)60(80)43-55(75)40-52(72)32-25-35-68-64(66)67/h5-10,12-14,16-24,26-27,29-30,33,45,47-62,69-82H,11,15,25,28,31-32,34-44H2,1-4H3,(H,83,84)(H4,66,67,68). The number of hydrogen-bond acceptors (Lipinski definition) is 18. The number of aliphatic hydroxyl groups excluding tert-OH is 14. The van der Waals surface area contributed by atoms with Crippen molar-refractivity contribution in [2.75, 3.05) is 19.8 Å². The molecule has 0 aromatic heterocycles. The number of hydrogen-bond donors (Lipinski definition) is 17. The molecule has 0 aliphatic carbocycles. The van der Waals surface area contributed by atoms with Crippen molar-refractivity contribution in [2.24, 2.45) is 34.2 Å². The topological polar surface area (TPSA) is 403 Å². The Morgan fingerprint density at radius 1 is 0.512 bits per heavy atom. The molecule has 488 valence electrons. The van der Waals surface area contributed by atoms with Crippen LogP contribution in [0, 0.1) is 17.8 Å². The first-order chi connectivity index (χ1) is 40.8. The molecule has 0 aromatic rings. The van der Waals surface area contributed by atoms with E-state index in [1.807, 2.05) is 79.8 Å². The summed E-state index contributed by atoms with van der Waals surface area (Å²) in [7, 11) is 0. The summed E-state index contributed by atoms with van der Waals surface area (Å²) in [6.45, 7) is 7.85. The first kappa shape index (κ1) is 79.0. The number of unbranched alkanes of at least 4 members (excludes halogenated alkanes) is 1. The summed E-state index contributed by atoms with van der Waals surface area (Å²) >= 11 is 0.